The molecule has 7 nitrogen and oxygen atoms in total. The minimum Gasteiger partial charge on any atom is -0.423 e. The van der Waals surface area contributed by atoms with E-state index >= 15 is 0 Å². The summed E-state index contributed by atoms with van der Waals surface area (Å²) in [4.78, 5) is 13.8. The van der Waals surface area contributed by atoms with Gasteiger partial charge in [-0.1, -0.05) is 0 Å². The second-order valence-electron chi connectivity index (χ2n) is 6.94. The molecular weight excluding hydrogens is 332 g/mol. The summed E-state index contributed by atoms with van der Waals surface area (Å²) in [6.45, 7) is 2.91. The smallest absolute Gasteiger partial charge is 0.267 e. The second-order valence-corrected chi connectivity index (χ2v) is 6.94. The van der Waals surface area contributed by atoms with Crippen LogP contribution in [0, 0.1) is 13.8 Å². The van der Waals surface area contributed by atoms with E-state index in [2.05, 4.69) is 15.3 Å². The van der Waals surface area contributed by atoms with Gasteiger partial charge < -0.3 is 9.32 Å². The van der Waals surface area contributed by atoms with Crippen LogP contribution in [0.3, 0.4) is 0 Å². The van der Waals surface area contributed by atoms with Crippen LogP contribution in [0.2, 0.25) is 0 Å². The molecule has 2 aromatic heterocycles. The van der Waals surface area contributed by atoms with E-state index in [1.54, 1.807) is 0 Å². The molecule has 1 aliphatic carbocycles. The van der Waals surface area contributed by atoms with Crippen molar-refractivity contribution in [2.45, 2.75) is 57.5 Å². The van der Waals surface area contributed by atoms with Gasteiger partial charge in [0.25, 0.3) is 5.92 Å². The highest BCUT2D eigenvalue weighted by Crippen LogP contribution is 2.43. The van der Waals surface area contributed by atoms with Gasteiger partial charge >= 0.3 is 0 Å². The fourth-order valence-electron chi connectivity index (χ4n) is 3.23. The van der Waals surface area contributed by atoms with Crippen molar-refractivity contribution < 1.29 is 18.0 Å². The fraction of sp³-hybridized carbons (Fsp3) is 0.625. The zero-order chi connectivity index (χ0) is 17.8. The van der Waals surface area contributed by atoms with E-state index in [-0.39, 0.29) is 18.4 Å². The lowest BCUT2D eigenvalue weighted by molar-refractivity contribution is -0.134. The Bertz CT molecular complexity index is 811. The molecule has 0 bridgehead atoms. The molecule has 1 saturated heterocycles. The number of likely N-dealkylation sites (tertiary alicyclic amines) is 1. The molecule has 4 rings (SSSR count). The Morgan fingerprint density at radius 1 is 1.32 bits per heavy atom. The van der Waals surface area contributed by atoms with Crippen LogP contribution in [0.4, 0.5) is 8.78 Å². The maximum Gasteiger partial charge on any atom is 0.267 e. The maximum atomic E-state index is 14.0. The Morgan fingerprint density at radius 3 is 2.68 bits per heavy atom. The highest BCUT2D eigenvalue weighted by atomic mass is 19.3. The van der Waals surface area contributed by atoms with Gasteiger partial charge in [-0.15, -0.1) is 10.2 Å². The molecule has 134 valence electrons. The lowest BCUT2D eigenvalue weighted by Gasteiger charge is -2.21. The summed E-state index contributed by atoms with van der Waals surface area (Å²) in [6.07, 6.45) is 1.45. The summed E-state index contributed by atoms with van der Waals surface area (Å²) in [5.74, 6) is -2.58. The molecule has 25 heavy (non-hydrogen) atoms. The van der Waals surface area contributed by atoms with Crippen molar-refractivity contribution in [1.29, 1.82) is 0 Å². The second kappa shape index (κ2) is 5.60. The van der Waals surface area contributed by atoms with Gasteiger partial charge in [0.15, 0.2) is 0 Å². The van der Waals surface area contributed by atoms with Crippen LogP contribution >= 0.6 is 0 Å². The first kappa shape index (κ1) is 16.2. The molecule has 3 heterocycles. The van der Waals surface area contributed by atoms with E-state index in [0.717, 1.165) is 29.1 Å². The minimum absolute atomic E-state index is 0.0874. The molecule has 1 saturated carbocycles. The van der Waals surface area contributed by atoms with Crippen molar-refractivity contribution in [3.05, 3.63) is 29.2 Å². The molecule has 2 aromatic rings. The van der Waals surface area contributed by atoms with Crippen LogP contribution in [0.25, 0.3) is 0 Å². The zero-order valence-electron chi connectivity index (χ0n) is 14.1. The third-order valence-corrected chi connectivity index (χ3v) is 4.65. The number of halogens is 2. The third-order valence-electron chi connectivity index (χ3n) is 4.65. The summed E-state index contributed by atoms with van der Waals surface area (Å²) in [5.41, 5.74) is 1.58. The molecule has 9 heteroatoms. The first-order valence-corrected chi connectivity index (χ1v) is 8.34. The standard InChI is InChI=1S/C16H19F2N5O2/c1-9-5-10(2)23(21-9)7-13(24)22-8-16(17,18)6-12(22)15-20-19-14(25-15)11-3-4-11/h5,11-12H,3-4,6-8H2,1-2H3/t12-/m0/s1. The van der Waals surface area contributed by atoms with E-state index in [4.69, 9.17) is 4.42 Å². The van der Waals surface area contributed by atoms with E-state index in [9.17, 15) is 13.6 Å². The van der Waals surface area contributed by atoms with Gasteiger partial charge in [0.1, 0.15) is 12.6 Å². The Morgan fingerprint density at radius 2 is 2.04 bits per heavy atom. The number of alkyl halides is 2. The molecule has 1 atom stereocenters. The maximum absolute atomic E-state index is 14.0. The van der Waals surface area contributed by atoms with E-state index < -0.39 is 30.8 Å². The van der Waals surface area contributed by atoms with Crippen LogP contribution in [-0.2, 0) is 11.3 Å². The third kappa shape index (κ3) is 3.14. The number of carbonyl (C=O) groups is 1. The van der Waals surface area contributed by atoms with Gasteiger partial charge in [-0.3, -0.25) is 9.48 Å². The SMILES string of the molecule is Cc1cc(C)n(CC(=O)N2CC(F)(F)C[C@H]2c2nnc(C3CC3)o2)n1. The number of aryl methyl sites for hydroxylation is 2. The minimum atomic E-state index is -2.97. The van der Waals surface area contributed by atoms with Gasteiger partial charge in [-0.25, -0.2) is 8.78 Å². The number of hydrogen-bond donors (Lipinski definition) is 0. The number of hydrogen-bond acceptors (Lipinski definition) is 5. The Kier molecular flexibility index (Phi) is 3.62. The summed E-state index contributed by atoms with van der Waals surface area (Å²) in [6, 6.07) is 0.947. The summed E-state index contributed by atoms with van der Waals surface area (Å²) >= 11 is 0. The Labute approximate surface area is 143 Å². The van der Waals surface area contributed by atoms with Crippen molar-refractivity contribution >= 4 is 5.91 Å². The van der Waals surface area contributed by atoms with Crippen molar-refractivity contribution in [1.82, 2.24) is 24.9 Å². The van der Waals surface area contributed by atoms with Crippen molar-refractivity contribution in [3.63, 3.8) is 0 Å². The topological polar surface area (TPSA) is 77.0 Å². The summed E-state index contributed by atoms with van der Waals surface area (Å²) in [7, 11) is 0. The monoisotopic (exact) mass is 351 g/mol. The molecule has 2 fully saturated rings. The number of amides is 1. The van der Waals surface area contributed by atoms with E-state index in [0.29, 0.717) is 5.89 Å². The molecular formula is C16H19F2N5O2. The molecule has 0 radical (unpaired) electrons. The highest BCUT2D eigenvalue weighted by Gasteiger charge is 2.50. The van der Waals surface area contributed by atoms with Gasteiger partial charge in [0.05, 0.1) is 12.2 Å². The molecule has 1 amide bonds. The highest BCUT2D eigenvalue weighted by molar-refractivity contribution is 5.77. The Hall–Kier alpha value is -2.32. The lowest BCUT2D eigenvalue weighted by atomic mass is 10.2. The molecule has 0 aromatic carbocycles. The van der Waals surface area contributed by atoms with E-state index in [1.807, 2.05) is 19.9 Å². The first-order chi connectivity index (χ1) is 11.8. The quantitative estimate of drug-likeness (QED) is 0.845. The molecule has 2 aliphatic rings. The van der Waals surface area contributed by atoms with Crippen molar-refractivity contribution in [3.8, 4) is 0 Å². The number of carbonyl (C=O) groups excluding carboxylic acids is 1. The van der Waals surface area contributed by atoms with Crippen LogP contribution in [0.1, 0.15) is 54.4 Å². The van der Waals surface area contributed by atoms with Crippen LogP contribution in [0.5, 0.6) is 0 Å². The lowest BCUT2D eigenvalue weighted by Crippen LogP contribution is -2.36. The summed E-state index contributed by atoms with van der Waals surface area (Å²) < 4.78 is 35.1. The fourth-order valence-corrected chi connectivity index (χ4v) is 3.23. The van der Waals surface area contributed by atoms with Crippen molar-refractivity contribution in [2.75, 3.05) is 6.54 Å². The van der Waals surface area contributed by atoms with Crippen molar-refractivity contribution in [2.24, 2.45) is 0 Å². The number of nitrogens with zero attached hydrogens (tertiary/aromatic N) is 5. The van der Waals surface area contributed by atoms with Gasteiger partial charge in [-0.2, -0.15) is 5.10 Å². The largest absolute Gasteiger partial charge is 0.423 e. The average molecular weight is 351 g/mol. The summed E-state index contributed by atoms with van der Waals surface area (Å²) in [5, 5.41) is 12.1. The average Bonchev–Trinajstić information content (AvgIpc) is 3.04. The molecule has 1 aliphatic heterocycles. The normalized spacial score (nSPS) is 22.6. The van der Waals surface area contributed by atoms with Crippen LogP contribution in [-0.4, -0.2) is 43.3 Å². The van der Waals surface area contributed by atoms with Gasteiger partial charge in [0.2, 0.25) is 17.7 Å². The van der Waals surface area contributed by atoms with Crippen LogP contribution < -0.4 is 0 Å². The van der Waals surface area contributed by atoms with E-state index in [1.165, 1.54) is 4.68 Å². The zero-order valence-corrected chi connectivity index (χ0v) is 14.1. The Balaban J connectivity index is 1.56. The number of rotatable bonds is 4. The van der Waals surface area contributed by atoms with Gasteiger partial charge in [-0.05, 0) is 32.8 Å². The predicted octanol–water partition coefficient (Wildman–Crippen LogP) is 2.37. The number of aromatic nitrogens is 4. The van der Waals surface area contributed by atoms with Crippen LogP contribution in [0.15, 0.2) is 10.5 Å². The first-order valence-electron chi connectivity index (χ1n) is 8.34. The molecule has 0 unspecified atom stereocenters. The predicted molar refractivity (Wildman–Crippen MR) is 82.0 cm³/mol. The molecule has 0 spiro atoms. The van der Waals surface area contributed by atoms with Gasteiger partial charge in [0, 0.05) is 18.0 Å². The molecule has 0 N–H and O–H groups in total.